The minimum absolute atomic E-state index is 0.646. The number of ether oxygens (including phenoxy) is 1. The number of rotatable bonds is 3. The van der Waals surface area contributed by atoms with Crippen LogP contribution in [0.5, 0.6) is 0 Å². The summed E-state index contributed by atoms with van der Waals surface area (Å²) in [5, 5.41) is 3.56. The summed E-state index contributed by atoms with van der Waals surface area (Å²) in [6, 6.07) is 7.34. The second-order valence-corrected chi connectivity index (χ2v) is 3.71. The van der Waals surface area contributed by atoms with Crippen molar-refractivity contribution in [3.8, 4) is 12.3 Å². The minimum atomic E-state index is 0.646. The van der Waals surface area contributed by atoms with Crippen LogP contribution in [0.25, 0.3) is 0 Å². The third-order valence-corrected chi connectivity index (χ3v) is 2.69. The fraction of sp³-hybridized carbons (Fsp3) is 0.308. The lowest BCUT2D eigenvalue weighted by atomic mass is 10.2. The first kappa shape index (κ1) is 11.6. The molecule has 2 rings (SSSR count). The molecule has 1 aliphatic heterocycles. The monoisotopic (exact) mass is 230 g/mol. The number of benzene rings is 1. The van der Waals surface area contributed by atoms with Crippen LogP contribution in [0.15, 0.2) is 24.3 Å². The highest BCUT2D eigenvalue weighted by atomic mass is 16.5. The molecule has 0 aromatic heterocycles. The van der Waals surface area contributed by atoms with E-state index >= 15 is 0 Å². The van der Waals surface area contributed by atoms with E-state index in [0.29, 0.717) is 13.2 Å². The summed E-state index contributed by atoms with van der Waals surface area (Å²) in [6.45, 7) is 2.73. The molecule has 1 amide bonds. The highest BCUT2D eigenvalue weighted by Gasteiger charge is 2.18. The van der Waals surface area contributed by atoms with Crippen molar-refractivity contribution in [3.63, 3.8) is 0 Å². The molecule has 1 aromatic rings. The molecule has 0 bridgehead atoms. The predicted molar refractivity (Wildman–Crippen MR) is 65.3 cm³/mol. The standard InChI is InChI=1S/C13H14N2O2/c1-2-12-3-5-13(6-4-12)15(11-16)14-7-9-17-10-8-14/h1,3-6,11H,7-10H2. The first-order chi connectivity index (χ1) is 8.35. The van der Waals surface area contributed by atoms with Crippen molar-refractivity contribution in [1.29, 1.82) is 0 Å². The van der Waals surface area contributed by atoms with Gasteiger partial charge in [0.2, 0.25) is 6.41 Å². The number of nitrogens with zero attached hydrogens (tertiary/aromatic N) is 2. The zero-order valence-corrected chi connectivity index (χ0v) is 9.50. The lowest BCUT2D eigenvalue weighted by Crippen LogP contribution is -2.48. The second-order valence-electron chi connectivity index (χ2n) is 3.71. The Morgan fingerprint density at radius 1 is 1.29 bits per heavy atom. The van der Waals surface area contributed by atoms with Gasteiger partial charge in [-0.25, -0.2) is 10.0 Å². The molecule has 0 atom stereocenters. The lowest BCUT2D eigenvalue weighted by molar-refractivity contribution is -0.111. The van der Waals surface area contributed by atoms with Gasteiger partial charge in [-0.3, -0.25) is 4.79 Å². The zero-order valence-electron chi connectivity index (χ0n) is 9.50. The fourth-order valence-corrected chi connectivity index (χ4v) is 1.77. The zero-order chi connectivity index (χ0) is 12.1. The van der Waals surface area contributed by atoms with Crippen molar-refractivity contribution in [2.24, 2.45) is 0 Å². The molecule has 1 heterocycles. The Hall–Kier alpha value is -1.83. The molecule has 17 heavy (non-hydrogen) atoms. The largest absolute Gasteiger partial charge is 0.379 e. The molecular weight excluding hydrogens is 216 g/mol. The first-order valence-corrected chi connectivity index (χ1v) is 5.49. The Balaban J connectivity index is 2.16. The summed E-state index contributed by atoms with van der Waals surface area (Å²) >= 11 is 0. The molecule has 4 heteroatoms. The Morgan fingerprint density at radius 2 is 1.94 bits per heavy atom. The van der Waals surface area contributed by atoms with Crippen LogP contribution >= 0.6 is 0 Å². The van der Waals surface area contributed by atoms with Crippen molar-refractivity contribution in [2.45, 2.75) is 0 Å². The van der Waals surface area contributed by atoms with Crippen LogP contribution in [0.4, 0.5) is 5.69 Å². The fourth-order valence-electron chi connectivity index (χ4n) is 1.77. The molecule has 1 aliphatic rings. The van der Waals surface area contributed by atoms with Crippen LogP contribution in [0.1, 0.15) is 5.56 Å². The van der Waals surface area contributed by atoms with Crippen molar-refractivity contribution in [2.75, 3.05) is 31.3 Å². The van der Waals surface area contributed by atoms with E-state index in [-0.39, 0.29) is 0 Å². The SMILES string of the molecule is C#Cc1ccc(N(C=O)N2CCOCC2)cc1. The Labute approximate surface area is 101 Å². The molecule has 1 fully saturated rings. The molecule has 0 N–H and O–H groups in total. The molecule has 0 spiro atoms. The molecule has 0 aliphatic carbocycles. The summed E-state index contributed by atoms with van der Waals surface area (Å²) in [5.41, 5.74) is 1.63. The van der Waals surface area contributed by atoms with Crippen LogP contribution in [0, 0.1) is 12.3 Å². The Morgan fingerprint density at radius 3 is 2.47 bits per heavy atom. The predicted octanol–water partition coefficient (Wildman–Crippen LogP) is 0.878. The molecule has 88 valence electrons. The number of amides is 1. The van der Waals surface area contributed by atoms with Gasteiger partial charge < -0.3 is 4.74 Å². The Kier molecular flexibility index (Phi) is 3.76. The third kappa shape index (κ3) is 2.64. The number of hydrazine groups is 1. The van der Waals surface area contributed by atoms with Gasteiger partial charge >= 0.3 is 0 Å². The van der Waals surface area contributed by atoms with E-state index in [1.54, 1.807) is 5.01 Å². The summed E-state index contributed by atoms with van der Waals surface area (Å²) in [5.74, 6) is 2.55. The van der Waals surface area contributed by atoms with Gasteiger partial charge in [-0.1, -0.05) is 5.92 Å². The second kappa shape index (κ2) is 5.48. The van der Waals surface area contributed by atoms with Crippen molar-refractivity contribution in [1.82, 2.24) is 5.01 Å². The van der Waals surface area contributed by atoms with Crippen molar-refractivity contribution in [3.05, 3.63) is 29.8 Å². The van der Waals surface area contributed by atoms with E-state index in [4.69, 9.17) is 11.2 Å². The van der Waals surface area contributed by atoms with E-state index in [0.717, 1.165) is 30.8 Å². The topological polar surface area (TPSA) is 32.8 Å². The number of carbonyl (C=O) groups excluding carboxylic acids is 1. The summed E-state index contributed by atoms with van der Waals surface area (Å²) in [4.78, 5) is 11.2. The minimum Gasteiger partial charge on any atom is -0.379 e. The lowest BCUT2D eigenvalue weighted by Gasteiger charge is -2.34. The van der Waals surface area contributed by atoms with Gasteiger partial charge in [-0.2, -0.15) is 0 Å². The molecule has 4 nitrogen and oxygen atoms in total. The summed E-state index contributed by atoms with van der Waals surface area (Å²) in [6.07, 6.45) is 6.11. The van der Waals surface area contributed by atoms with Gasteiger partial charge in [0.25, 0.3) is 0 Å². The number of hydrogen-bond donors (Lipinski definition) is 0. The molecule has 1 aromatic carbocycles. The van der Waals surface area contributed by atoms with Gasteiger partial charge in [-0.05, 0) is 24.3 Å². The number of carbonyl (C=O) groups is 1. The first-order valence-electron chi connectivity index (χ1n) is 5.49. The van der Waals surface area contributed by atoms with Gasteiger partial charge in [0.1, 0.15) is 0 Å². The van der Waals surface area contributed by atoms with Crippen LogP contribution in [0.3, 0.4) is 0 Å². The van der Waals surface area contributed by atoms with E-state index in [1.165, 1.54) is 0 Å². The van der Waals surface area contributed by atoms with Crippen LogP contribution in [0.2, 0.25) is 0 Å². The quantitative estimate of drug-likeness (QED) is 0.571. The maximum absolute atomic E-state index is 11.2. The summed E-state index contributed by atoms with van der Waals surface area (Å²) < 4.78 is 5.26. The molecular formula is C13H14N2O2. The number of morpholine rings is 1. The summed E-state index contributed by atoms with van der Waals surface area (Å²) in [7, 11) is 0. The average molecular weight is 230 g/mol. The molecule has 0 radical (unpaired) electrons. The van der Waals surface area contributed by atoms with E-state index in [9.17, 15) is 4.79 Å². The molecule has 0 saturated carbocycles. The van der Waals surface area contributed by atoms with Crippen LogP contribution < -0.4 is 5.01 Å². The molecule has 1 saturated heterocycles. The smallest absolute Gasteiger partial charge is 0.228 e. The van der Waals surface area contributed by atoms with Crippen LogP contribution in [-0.2, 0) is 9.53 Å². The van der Waals surface area contributed by atoms with Crippen molar-refractivity contribution < 1.29 is 9.53 Å². The number of anilines is 1. The molecule has 0 unspecified atom stereocenters. The van der Waals surface area contributed by atoms with Gasteiger partial charge in [0, 0.05) is 18.7 Å². The normalized spacial score (nSPS) is 16.2. The maximum atomic E-state index is 11.2. The average Bonchev–Trinajstić information content (AvgIpc) is 2.42. The van der Waals surface area contributed by atoms with Gasteiger partial charge in [-0.15, -0.1) is 6.42 Å². The highest BCUT2D eigenvalue weighted by Crippen LogP contribution is 2.16. The number of terminal acetylenes is 1. The van der Waals surface area contributed by atoms with Crippen molar-refractivity contribution >= 4 is 12.1 Å². The van der Waals surface area contributed by atoms with E-state index in [2.05, 4.69) is 5.92 Å². The van der Waals surface area contributed by atoms with E-state index < -0.39 is 0 Å². The van der Waals surface area contributed by atoms with Gasteiger partial charge in [0.05, 0.1) is 18.9 Å². The highest BCUT2D eigenvalue weighted by molar-refractivity contribution is 5.74. The van der Waals surface area contributed by atoms with Gasteiger partial charge in [0.15, 0.2) is 0 Å². The maximum Gasteiger partial charge on any atom is 0.228 e. The number of hydrogen-bond acceptors (Lipinski definition) is 3. The third-order valence-electron chi connectivity index (χ3n) is 2.69. The van der Waals surface area contributed by atoms with Crippen LogP contribution in [-0.4, -0.2) is 37.7 Å². The Bertz CT molecular complexity index is 416. The van der Waals surface area contributed by atoms with E-state index in [1.807, 2.05) is 29.3 Å².